The summed E-state index contributed by atoms with van der Waals surface area (Å²) >= 11 is 0. The van der Waals surface area contributed by atoms with Crippen molar-refractivity contribution in [3.63, 3.8) is 0 Å². The summed E-state index contributed by atoms with van der Waals surface area (Å²) in [6.45, 7) is 3.82. The zero-order valence-electron chi connectivity index (χ0n) is 9.99. The summed E-state index contributed by atoms with van der Waals surface area (Å²) in [4.78, 5) is 2.65. The predicted octanol–water partition coefficient (Wildman–Crippen LogP) is 3.45. The number of hydrogen-bond acceptors (Lipinski definition) is 1. The Morgan fingerprint density at radius 1 is 1.00 bits per heavy atom. The van der Waals surface area contributed by atoms with Gasteiger partial charge in [0, 0.05) is 13.1 Å². The average molecular weight is 215 g/mol. The first-order valence-corrected chi connectivity index (χ1v) is 6.63. The zero-order valence-corrected chi connectivity index (χ0v) is 9.99. The summed E-state index contributed by atoms with van der Waals surface area (Å²) in [6, 6.07) is 10.9. The van der Waals surface area contributed by atoms with Gasteiger partial charge in [-0.3, -0.25) is 4.90 Å². The summed E-state index contributed by atoms with van der Waals surface area (Å²) in [6.07, 6.45) is 7.36. The van der Waals surface area contributed by atoms with Crippen LogP contribution in [0.15, 0.2) is 30.3 Å². The minimum Gasteiger partial charge on any atom is -0.299 e. The Hall–Kier alpha value is -0.820. The second-order valence-corrected chi connectivity index (χ2v) is 5.65. The highest BCUT2D eigenvalue weighted by atomic mass is 15.2. The lowest BCUT2D eigenvalue weighted by Gasteiger charge is -2.23. The summed E-state index contributed by atoms with van der Waals surface area (Å²) in [5.74, 6) is 0. The van der Waals surface area contributed by atoms with E-state index in [0.717, 1.165) is 12.0 Å². The van der Waals surface area contributed by atoms with Crippen molar-refractivity contribution in [2.45, 2.75) is 38.6 Å². The molecule has 1 aliphatic carbocycles. The molecule has 2 aliphatic rings. The summed E-state index contributed by atoms with van der Waals surface area (Å²) < 4.78 is 0. The van der Waals surface area contributed by atoms with E-state index in [2.05, 4.69) is 35.2 Å². The average Bonchev–Trinajstić information content (AvgIpc) is 2.92. The standard InChI is InChI=1S/C15H21N/c1-2-6-14(7-3-1)12-16-11-10-15(13-16)8-4-5-9-15/h1-3,6-7H,4-5,8-13H2. The van der Waals surface area contributed by atoms with Crippen molar-refractivity contribution in [1.82, 2.24) is 4.90 Å². The molecule has 0 atom stereocenters. The van der Waals surface area contributed by atoms with Gasteiger partial charge in [0.2, 0.25) is 0 Å². The van der Waals surface area contributed by atoms with Gasteiger partial charge in [-0.05, 0) is 36.8 Å². The lowest BCUT2D eigenvalue weighted by atomic mass is 9.86. The molecule has 16 heavy (non-hydrogen) atoms. The molecule has 0 amide bonds. The van der Waals surface area contributed by atoms with Gasteiger partial charge < -0.3 is 0 Å². The molecule has 1 aromatic rings. The third-order valence-electron chi connectivity index (χ3n) is 4.43. The van der Waals surface area contributed by atoms with E-state index < -0.39 is 0 Å². The molecule has 0 radical (unpaired) electrons. The van der Waals surface area contributed by atoms with Crippen LogP contribution in [0, 0.1) is 5.41 Å². The summed E-state index contributed by atoms with van der Waals surface area (Å²) in [7, 11) is 0. The van der Waals surface area contributed by atoms with Gasteiger partial charge >= 0.3 is 0 Å². The van der Waals surface area contributed by atoms with E-state index in [4.69, 9.17) is 0 Å². The maximum absolute atomic E-state index is 2.65. The second-order valence-electron chi connectivity index (χ2n) is 5.65. The maximum atomic E-state index is 2.65. The van der Waals surface area contributed by atoms with E-state index in [1.165, 1.54) is 50.8 Å². The third kappa shape index (κ3) is 2.01. The Labute approximate surface area is 98.5 Å². The van der Waals surface area contributed by atoms with E-state index in [0.29, 0.717) is 0 Å². The van der Waals surface area contributed by atoms with Gasteiger partial charge in [-0.15, -0.1) is 0 Å². The molecular weight excluding hydrogens is 194 g/mol. The molecule has 0 bridgehead atoms. The molecule has 1 saturated carbocycles. The molecule has 1 aliphatic heterocycles. The molecule has 0 aromatic heterocycles. The first kappa shape index (κ1) is 10.3. The topological polar surface area (TPSA) is 3.24 Å². The lowest BCUT2D eigenvalue weighted by Crippen LogP contribution is -2.24. The van der Waals surface area contributed by atoms with Crippen LogP contribution in [0.3, 0.4) is 0 Å². The van der Waals surface area contributed by atoms with Crippen LogP contribution in [0.2, 0.25) is 0 Å². The number of likely N-dealkylation sites (tertiary alicyclic amines) is 1. The van der Waals surface area contributed by atoms with Crippen molar-refractivity contribution in [2.24, 2.45) is 5.41 Å². The van der Waals surface area contributed by atoms with Crippen molar-refractivity contribution < 1.29 is 0 Å². The number of benzene rings is 1. The smallest absolute Gasteiger partial charge is 0.0233 e. The highest BCUT2D eigenvalue weighted by molar-refractivity contribution is 5.14. The van der Waals surface area contributed by atoms with Crippen molar-refractivity contribution in [3.05, 3.63) is 35.9 Å². The van der Waals surface area contributed by atoms with Gasteiger partial charge in [0.1, 0.15) is 0 Å². The van der Waals surface area contributed by atoms with Crippen LogP contribution in [0.25, 0.3) is 0 Å². The molecule has 2 fully saturated rings. The van der Waals surface area contributed by atoms with Crippen molar-refractivity contribution in [2.75, 3.05) is 13.1 Å². The molecule has 0 N–H and O–H groups in total. The van der Waals surface area contributed by atoms with Crippen LogP contribution in [0.5, 0.6) is 0 Å². The fourth-order valence-corrected chi connectivity index (χ4v) is 3.54. The van der Waals surface area contributed by atoms with Gasteiger partial charge in [-0.1, -0.05) is 43.2 Å². The Morgan fingerprint density at radius 2 is 1.75 bits per heavy atom. The van der Waals surface area contributed by atoms with Crippen LogP contribution >= 0.6 is 0 Å². The third-order valence-corrected chi connectivity index (χ3v) is 4.43. The lowest BCUT2D eigenvalue weighted by molar-refractivity contribution is 0.256. The van der Waals surface area contributed by atoms with Crippen molar-refractivity contribution >= 4 is 0 Å². The first-order chi connectivity index (χ1) is 7.86. The molecule has 1 saturated heterocycles. The van der Waals surface area contributed by atoms with E-state index in [1.54, 1.807) is 0 Å². The van der Waals surface area contributed by atoms with E-state index in [-0.39, 0.29) is 0 Å². The van der Waals surface area contributed by atoms with Gasteiger partial charge in [-0.2, -0.15) is 0 Å². The first-order valence-electron chi connectivity index (χ1n) is 6.63. The molecule has 1 heterocycles. The predicted molar refractivity (Wildman–Crippen MR) is 67.2 cm³/mol. The Kier molecular flexibility index (Phi) is 2.72. The van der Waals surface area contributed by atoms with Gasteiger partial charge in [0.05, 0.1) is 0 Å². The van der Waals surface area contributed by atoms with Crippen molar-refractivity contribution in [1.29, 1.82) is 0 Å². The fraction of sp³-hybridized carbons (Fsp3) is 0.600. The molecule has 1 spiro atoms. The number of hydrogen-bond donors (Lipinski definition) is 0. The maximum Gasteiger partial charge on any atom is 0.0233 e. The van der Waals surface area contributed by atoms with Gasteiger partial charge in [0.15, 0.2) is 0 Å². The summed E-state index contributed by atoms with van der Waals surface area (Å²) in [5.41, 5.74) is 2.19. The SMILES string of the molecule is c1ccc(CN2CCC3(CCCC3)C2)cc1. The molecule has 1 nitrogen and oxygen atoms in total. The molecule has 1 aromatic carbocycles. The minimum absolute atomic E-state index is 0.717. The van der Waals surface area contributed by atoms with Crippen LogP contribution in [0.4, 0.5) is 0 Å². The van der Waals surface area contributed by atoms with Crippen molar-refractivity contribution in [3.8, 4) is 0 Å². The van der Waals surface area contributed by atoms with E-state index >= 15 is 0 Å². The van der Waals surface area contributed by atoms with Crippen LogP contribution in [0.1, 0.15) is 37.7 Å². The van der Waals surface area contributed by atoms with E-state index in [9.17, 15) is 0 Å². The van der Waals surface area contributed by atoms with Crippen LogP contribution in [-0.4, -0.2) is 18.0 Å². The molecular formula is C15H21N. The minimum atomic E-state index is 0.717. The molecule has 1 heteroatoms. The zero-order chi connectivity index (χ0) is 10.8. The second kappa shape index (κ2) is 4.21. The van der Waals surface area contributed by atoms with Gasteiger partial charge in [0.25, 0.3) is 0 Å². The van der Waals surface area contributed by atoms with E-state index in [1.807, 2.05) is 0 Å². The Balaban J connectivity index is 1.62. The van der Waals surface area contributed by atoms with Crippen LogP contribution in [-0.2, 0) is 6.54 Å². The monoisotopic (exact) mass is 215 g/mol. The Morgan fingerprint density at radius 3 is 2.50 bits per heavy atom. The number of rotatable bonds is 2. The highest BCUT2D eigenvalue weighted by Crippen LogP contribution is 2.45. The molecule has 0 unspecified atom stereocenters. The fourth-order valence-electron chi connectivity index (χ4n) is 3.54. The normalized spacial score (nSPS) is 24.2. The number of nitrogens with zero attached hydrogens (tertiary/aromatic N) is 1. The largest absolute Gasteiger partial charge is 0.299 e. The van der Waals surface area contributed by atoms with Crippen LogP contribution < -0.4 is 0 Å². The molecule has 3 rings (SSSR count). The van der Waals surface area contributed by atoms with Gasteiger partial charge in [-0.25, -0.2) is 0 Å². The Bertz CT molecular complexity index is 338. The summed E-state index contributed by atoms with van der Waals surface area (Å²) in [5, 5.41) is 0. The quantitative estimate of drug-likeness (QED) is 0.730. The highest BCUT2D eigenvalue weighted by Gasteiger charge is 2.39. The molecule has 86 valence electrons.